The summed E-state index contributed by atoms with van der Waals surface area (Å²) in [4.78, 5) is 26.8. The maximum absolute atomic E-state index is 12.8. The fourth-order valence-corrected chi connectivity index (χ4v) is 2.93. The van der Waals surface area contributed by atoms with Crippen LogP contribution >= 0.6 is 11.6 Å². The van der Waals surface area contributed by atoms with Crippen molar-refractivity contribution in [2.75, 3.05) is 13.7 Å². The highest BCUT2D eigenvalue weighted by Gasteiger charge is 2.24. The van der Waals surface area contributed by atoms with Crippen molar-refractivity contribution in [2.45, 2.75) is 38.8 Å². The monoisotopic (exact) mass is 403 g/mol. The molecule has 0 bridgehead atoms. The molecule has 0 aliphatic carbocycles. The lowest BCUT2D eigenvalue weighted by Gasteiger charge is -2.27. The van der Waals surface area contributed by atoms with Gasteiger partial charge in [-0.1, -0.05) is 41.9 Å². The number of ether oxygens (including phenoxy) is 1. The number of aliphatic hydroxyl groups excluding tert-OH is 1. The van der Waals surface area contributed by atoms with Crippen LogP contribution in [0.1, 0.15) is 48.3 Å². The number of likely N-dealkylation sites (N-methyl/N-ethyl adjacent to an activating group) is 1. The van der Waals surface area contributed by atoms with E-state index in [0.717, 1.165) is 5.56 Å². The lowest BCUT2D eigenvalue weighted by molar-refractivity contribution is -0.132. The predicted molar refractivity (Wildman–Crippen MR) is 109 cm³/mol. The van der Waals surface area contributed by atoms with E-state index in [4.69, 9.17) is 16.3 Å². The molecule has 0 saturated carbocycles. The van der Waals surface area contributed by atoms with E-state index in [0.29, 0.717) is 16.1 Å². The van der Waals surface area contributed by atoms with Gasteiger partial charge in [0.25, 0.3) is 0 Å². The third-order valence-corrected chi connectivity index (χ3v) is 4.52. The molecule has 28 heavy (non-hydrogen) atoms. The Kier molecular flexibility index (Phi) is 7.22. The summed E-state index contributed by atoms with van der Waals surface area (Å²) in [7, 11) is 1.63. The van der Waals surface area contributed by atoms with Crippen LogP contribution in [0.4, 0.5) is 0 Å². The minimum absolute atomic E-state index is 0.0238. The van der Waals surface area contributed by atoms with Gasteiger partial charge in [-0.15, -0.1) is 0 Å². The van der Waals surface area contributed by atoms with E-state index in [1.54, 1.807) is 76.3 Å². The minimum atomic E-state index is -0.623. The van der Waals surface area contributed by atoms with Gasteiger partial charge < -0.3 is 14.7 Å². The molecule has 0 saturated heterocycles. The summed E-state index contributed by atoms with van der Waals surface area (Å²) >= 11 is 5.91. The van der Waals surface area contributed by atoms with E-state index >= 15 is 0 Å². The van der Waals surface area contributed by atoms with Crippen molar-refractivity contribution in [3.63, 3.8) is 0 Å². The third-order valence-electron chi connectivity index (χ3n) is 4.27. The molecule has 2 rings (SSSR count). The van der Waals surface area contributed by atoms with Gasteiger partial charge in [0.05, 0.1) is 24.6 Å². The second-order valence-electron chi connectivity index (χ2n) is 7.59. The summed E-state index contributed by atoms with van der Waals surface area (Å²) in [5.74, 6) is -0.681. The van der Waals surface area contributed by atoms with Crippen LogP contribution in [-0.4, -0.2) is 41.1 Å². The average Bonchev–Trinajstić information content (AvgIpc) is 2.62. The van der Waals surface area contributed by atoms with Gasteiger partial charge in [0.2, 0.25) is 5.91 Å². The standard InChI is InChI=1S/C22H26ClNO4/c1-22(2,3)28-21(27)18-8-6-5-7-16(18)13-20(26)24(4)19(14-25)15-9-11-17(23)12-10-15/h5-12,19,25H,13-14H2,1-4H3. The van der Waals surface area contributed by atoms with Gasteiger partial charge in [-0.2, -0.15) is 0 Å². The molecule has 1 amide bonds. The lowest BCUT2D eigenvalue weighted by atomic mass is 10.0. The van der Waals surface area contributed by atoms with Crippen LogP contribution in [0.2, 0.25) is 5.02 Å². The highest BCUT2D eigenvalue weighted by molar-refractivity contribution is 6.30. The number of hydrogen-bond donors (Lipinski definition) is 1. The molecule has 1 atom stereocenters. The Bertz CT molecular complexity index is 827. The van der Waals surface area contributed by atoms with E-state index in [9.17, 15) is 14.7 Å². The van der Waals surface area contributed by atoms with Gasteiger partial charge in [-0.3, -0.25) is 4.79 Å². The van der Waals surface area contributed by atoms with Gasteiger partial charge in [0.1, 0.15) is 5.60 Å². The van der Waals surface area contributed by atoms with Gasteiger partial charge in [0, 0.05) is 12.1 Å². The third kappa shape index (κ3) is 5.81. The summed E-state index contributed by atoms with van der Waals surface area (Å²) in [6.45, 7) is 5.16. The molecule has 2 aromatic rings. The van der Waals surface area contributed by atoms with Crippen molar-refractivity contribution >= 4 is 23.5 Å². The van der Waals surface area contributed by atoms with Gasteiger partial charge in [-0.05, 0) is 50.1 Å². The molecule has 150 valence electrons. The quantitative estimate of drug-likeness (QED) is 0.739. The summed E-state index contributed by atoms with van der Waals surface area (Å²) < 4.78 is 5.44. The lowest BCUT2D eigenvalue weighted by Crippen LogP contribution is -2.34. The van der Waals surface area contributed by atoms with Crippen LogP contribution in [0, 0.1) is 0 Å². The Morgan fingerprint density at radius 1 is 1.11 bits per heavy atom. The first-order valence-electron chi connectivity index (χ1n) is 9.05. The molecule has 5 nitrogen and oxygen atoms in total. The average molecular weight is 404 g/mol. The van der Waals surface area contributed by atoms with Crippen molar-refractivity contribution < 1.29 is 19.4 Å². The van der Waals surface area contributed by atoms with Crippen LogP contribution in [-0.2, 0) is 16.0 Å². The number of nitrogens with zero attached hydrogens (tertiary/aromatic N) is 1. The fourth-order valence-electron chi connectivity index (χ4n) is 2.80. The summed E-state index contributed by atoms with van der Waals surface area (Å²) in [5.41, 5.74) is 1.11. The molecule has 0 aliphatic rings. The van der Waals surface area contributed by atoms with E-state index in [1.807, 2.05) is 0 Å². The number of carbonyl (C=O) groups is 2. The number of carbonyl (C=O) groups excluding carboxylic acids is 2. The maximum atomic E-state index is 12.8. The molecule has 1 N–H and O–H groups in total. The van der Waals surface area contributed by atoms with Crippen molar-refractivity contribution in [2.24, 2.45) is 0 Å². The summed E-state index contributed by atoms with van der Waals surface area (Å²) in [5, 5.41) is 10.4. The number of halogens is 1. The first-order chi connectivity index (χ1) is 13.1. The molecular formula is C22H26ClNO4. The molecule has 6 heteroatoms. The van der Waals surface area contributed by atoms with Gasteiger partial charge in [0.15, 0.2) is 0 Å². The molecule has 0 aliphatic heterocycles. The number of benzene rings is 2. The first-order valence-corrected chi connectivity index (χ1v) is 9.43. The number of aliphatic hydroxyl groups is 1. The highest BCUT2D eigenvalue weighted by atomic mass is 35.5. The normalized spacial score (nSPS) is 12.4. The van der Waals surface area contributed by atoms with Crippen LogP contribution in [0.5, 0.6) is 0 Å². The van der Waals surface area contributed by atoms with Crippen molar-refractivity contribution in [1.82, 2.24) is 4.90 Å². The Balaban J connectivity index is 2.19. The van der Waals surface area contributed by atoms with Crippen molar-refractivity contribution in [3.05, 3.63) is 70.2 Å². The number of amides is 1. The molecule has 0 radical (unpaired) electrons. The van der Waals surface area contributed by atoms with Gasteiger partial charge in [-0.25, -0.2) is 4.79 Å². The fraction of sp³-hybridized carbons (Fsp3) is 0.364. The van der Waals surface area contributed by atoms with E-state index in [1.165, 1.54) is 4.90 Å². The second-order valence-corrected chi connectivity index (χ2v) is 8.03. The number of rotatable bonds is 6. The molecule has 2 aromatic carbocycles. The van der Waals surface area contributed by atoms with Gasteiger partial charge >= 0.3 is 5.97 Å². The smallest absolute Gasteiger partial charge is 0.338 e. The van der Waals surface area contributed by atoms with E-state index in [-0.39, 0.29) is 18.9 Å². The molecule has 0 aromatic heterocycles. The summed E-state index contributed by atoms with van der Waals surface area (Å²) in [6.07, 6.45) is 0.0238. The van der Waals surface area contributed by atoms with E-state index in [2.05, 4.69) is 0 Å². The minimum Gasteiger partial charge on any atom is -0.456 e. The molecular weight excluding hydrogens is 378 g/mol. The highest BCUT2D eigenvalue weighted by Crippen LogP contribution is 2.23. The van der Waals surface area contributed by atoms with Crippen LogP contribution in [0.15, 0.2) is 48.5 Å². The predicted octanol–water partition coefficient (Wildman–Crippen LogP) is 4.03. The maximum Gasteiger partial charge on any atom is 0.338 e. The number of esters is 1. The van der Waals surface area contributed by atoms with Crippen LogP contribution < -0.4 is 0 Å². The first kappa shape index (κ1) is 21.9. The zero-order valence-corrected chi connectivity index (χ0v) is 17.4. The SMILES string of the molecule is CN(C(=O)Cc1ccccc1C(=O)OC(C)(C)C)C(CO)c1ccc(Cl)cc1. The summed E-state index contributed by atoms with van der Waals surface area (Å²) in [6, 6.07) is 13.4. The topological polar surface area (TPSA) is 66.8 Å². The van der Waals surface area contributed by atoms with Crippen molar-refractivity contribution in [3.8, 4) is 0 Å². The Morgan fingerprint density at radius 3 is 2.29 bits per heavy atom. The zero-order valence-electron chi connectivity index (χ0n) is 16.6. The Labute approximate surface area is 170 Å². The second kappa shape index (κ2) is 9.22. The molecule has 0 heterocycles. The van der Waals surface area contributed by atoms with Crippen molar-refractivity contribution in [1.29, 1.82) is 0 Å². The Morgan fingerprint density at radius 2 is 1.71 bits per heavy atom. The molecule has 1 unspecified atom stereocenters. The molecule has 0 fully saturated rings. The van der Waals surface area contributed by atoms with Crippen LogP contribution in [0.3, 0.4) is 0 Å². The van der Waals surface area contributed by atoms with Crippen LogP contribution in [0.25, 0.3) is 0 Å². The molecule has 0 spiro atoms. The number of hydrogen-bond acceptors (Lipinski definition) is 4. The Hall–Kier alpha value is -2.37. The largest absolute Gasteiger partial charge is 0.456 e. The zero-order chi connectivity index (χ0) is 20.9. The van der Waals surface area contributed by atoms with E-state index < -0.39 is 17.6 Å².